The molecular weight excluding hydrogens is 495 g/mol. The number of hydrogen-bond donors (Lipinski definition) is 0. The molecule has 5 rings (SSSR count). The minimum absolute atomic E-state index is 0.329. The van der Waals surface area contributed by atoms with Gasteiger partial charge in [-0.3, -0.25) is 0 Å². The fourth-order valence-electron chi connectivity index (χ4n) is 3.56. The number of aromatic nitrogens is 2. The van der Waals surface area contributed by atoms with Gasteiger partial charge in [-0.05, 0) is 69.6 Å². The van der Waals surface area contributed by atoms with E-state index in [0.717, 1.165) is 31.7 Å². The molecule has 0 N–H and O–H groups in total. The van der Waals surface area contributed by atoms with Gasteiger partial charge in [0.2, 0.25) is 11.8 Å². The van der Waals surface area contributed by atoms with Crippen LogP contribution in [0.15, 0.2) is 65.1 Å². The number of methoxy groups -OCH3 is 2. The third kappa shape index (κ3) is 5.04. The molecule has 1 saturated heterocycles. The van der Waals surface area contributed by atoms with Gasteiger partial charge in [0, 0.05) is 27.4 Å². The molecule has 0 spiro atoms. The van der Waals surface area contributed by atoms with Crippen molar-refractivity contribution in [2.75, 3.05) is 14.2 Å². The average Bonchev–Trinajstić information content (AvgIpc) is 3.05. The van der Waals surface area contributed by atoms with E-state index in [2.05, 4.69) is 59.7 Å². The van der Waals surface area contributed by atoms with Gasteiger partial charge < -0.3 is 18.8 Å². The molecule has 0 atom stereocenters. The van der Waals surface area contributed by atoms with E-state index in [1.54, 1.807) is 14.2 Å². The van der Waals surface area contributed by atoms with Crippen LogP contribution in [0.4, 0.5) is 0 Å². The maximum Gasteiger partial charge on any atom is 0.494 e. The van der Waals surface area contributed by atoms with Gasteiger partial charge in [-0.1, -0.05) is 28.1 Å². The van der Waals surface area contributed by atoms with Crippen LogP contribution in [0.2, 0.25) is 0 Å². The van der Waals surface area contributed by atoms with E-state index in [1.807, 2.05) is 54.6 Å². The number of halogens is 1. The lowest BCUT2D eigenvalue weighted by Gasteiger charge is -2.32. The summed E-state index contributed by atoms with van der Waals surface area (Å²) in [5.41, 5.74) is 2.19. The van der Waals surface area contributed by atoms with Crippen LogP contribution < -0.4 is 14.9 Å². The highest BCUT2D eigenvalue weighted by Gasteiger charge is 2.51. The highest BCUT2D eigenvalue weighted by atomic mass is 79.9. The van der Waals surface area contributed by atoms with Crippen molar-refractivity contribution in [2.45, 2.75) is 38.9 Å². The van der Waals surface area contributed by atoms with Crippen LogP contribution in [0.1, 0.15) is 27.7 Å². The summed E-state index contributed by atoms with van der Waals surface area (Å²) < 4.78 is 23.4. The Morgan fingerprint density at radius 2 is 1.21 bits per heavy atom. The minimum Gasteiger partial charge on any atom is -0.481 e. The number of fused-ring (bicyclic) bond motifs is 2. The molecule has 0 saturated carbocycles. The molecule has 2 aromatic carbocycles. The molecule has 34 heavy (non-hydrogen) atoms. The van der Waals surface area contributed by atoms with Crippen LogP contribution in [0.5, 0.6) is 11.8 Å². The number of benzene rings is 2. The largest absolute Gasteiger partial charge is 0.494 e. The summed E-state index contributed by atoms with van der Waals surface area (Å²) in [4.78, 5) is 8.71. The Morgan fingerprint density at radius 1 is 0.706 bits per heavy atom. The van der Waals surface area contributed by atoms with Crippen LogP contribution in [-0.2, 0) is 9.31 Å². The molecule has 1 aliphatic rings. The molecule has 176 valence electrons. The summed E-state index contributed by atoms with van der Waals surface area (Å²) in [6, 6.07) is 19.7. The molecule has 6 nitrogen and oxygen atoms in total. The van der Waals surface area contributed by atoms with Crippen LogP contribution in [0, 0.1) is 0 Å². The van der Waals surface area contributed by atoms with Crippen molar-refractivity contribution in [3.63, 3.8) is 0 Å². The van der Waals surface area contributed by atoms with Crippen molar-refractivity contribution < 1.29 is 18.8 Å². The summed E-state index contributed by atoms with van der Waals surface area (Å²) in [6.07, 6.45) is 0. The van der Waals surface area contributed by atoms with Gasteiger partial charge >= 0.3 is 7.12 Å². The van der Waals surface area contributed by atoms with E-state index in [9.17, 15) is 0 Å². The van der Waals surface area contributed by atoms with E-state index < -0.39 is 0 Å². The summed E-state index contributed by atoms with van der Waals surface area (Å²) in [5.74, 6) is 1.26. The zero-order valence-corrected chi connectivity index (χ0v) is 21.8. The summed E-state index contributed by atoms with van der Waals surface area (Å²) in [6.45, 7) is 8.22. The van der Waals surface area contributed by atoms with E-state index in [-0.39, 0.29) is 18.3 Å². The van der Waals surface area contributed by atoms with E-state index in [0.29, 0.717) is 11.8 Å². The van der Waals surface area contributed by atoms with Gasteiger partial charge in [0.25, 0.3) is 0 Å². The van der Waals surface area contributed by atoms with Crippen LogP contribution in [0.3, 0.4) is 0 Å². The predicted octanol–water partition coefficient (Wildman–Crippen LogP) is 5.55. The van der Waals surface area contributed by atoms with Crippen molar-refractivity contribution in [1.29, 1.82) is 0 Å². The van der Waals surface area contributed by atoms with Crippen LogP contribution in [-0.4, -0.2) is 42.5 Å². The van der Waals surface area contributed by atoms with E-state index in [1.165, 1.54) is 0 Å². The Hall–Kier alpha value is -2.68. The Morgan fingerprint density at radius 3 is 1.74 bits per heavy atom. The first kappa shape index (κ1) is 24.4. The summed E-state index contributed by atoms with van der Waals surface area (Å²) >= 11 is 3.41. The lowest BCUT2D eigenvalue weighted by Crippen LogP contribution is -2.41. The van der Waals surface area contributed by atoms with Gasteiger partial charge in [-0.2, -0.15) is 0 Å². The molecule has 1 aliphatic heterocycles. The number of hydrogen-bond acceptors (Lipinski definition) is 6. The fourth-order valence-corrected chi connectivity index (χ4v) is 3.94. The second-order valence-electron chi connectivity index (χ2n) is 9.08. The summed E-state index contributed by atoms with van der Waals surface area (Å²) in [7, 11) is 2.89. The van der Waals surface area contributed by atoms with Crippen molar-refractivity contribution >= 4 is 50.3 Å². The second-order valence-corrected chi connectivity index (χ2v) is 10.0. The third-order valence-corrected chi connectivity index (χ3v) is 6.75. The molecule has 0 aliphatic carbocycles. The molecule has 8 heteroatoms. The lowest BCUT2D eigenvalue weighted by atomic mass is 9.78. The minimum atomic E-state index is -0.346. The maximum atomic E-state index is 6.08. The Bertz CT molecular complexity index is 1310. The van der Waals surface area contributed by atoms with Crippen LogP contribution >= 0.6 is 15.9 Å². The van der Waals surface area contributed by atoms with Crippen molar-refractivity contribution in [3.8, 4) is 11.8 Å². The Balaban J connectivity index is 0.000000180. The maximum absolute atomic E-state index is 6.08. The lowest BCUT2D eigenvalue weighted by molar-refractivity contribution is 0.00578. The molecule has 2 aromatic heterocycles. The van der Waals surface area contributed by atoms with Crippen molar-refractivity contribution in [1.82, 2.24) is 9.97 Å². The highest BCUT2D eigenvalue weighted by Crippen LogP contribution is 2.36. The van der Waals surface area contributed by atoms with Gasteiger partial charge in [0.15, 0.2) is 0 Å². The topological polar surface area (TPSA) is 62.7 Å². The molecule has 0 bridgehead atoms. The molecule has 3 heterocycles. The molecule has 4 aromatic rings. The second kappa shape index (κ2) is 9.52. The fraction of sp³-hybridized carbons (Fsp3) is 0.308. The van der Waals surface area contributed by atoms with Gasteiger partial charge in [0.05, 0.1) is 36.5 Å². The Labute approximate surface area is 208 Å². The quantitative estimate of drug-likeness (QED) is 0.329. The smallest absolute Gasteiger partial charge is 0.481 e. The standard InChI is InChI=1S/C16H20BNO3.C10H8BrNO/c1-15(2)16(3,4)21-17(20-15)12-7-8-13-11(10-12)6-9-14(18-13)19-5;1-13-10-5-2-7-6-8(11)3-4-9(7)12-10/h6-10H,1-5H3;2-6H,1H3. The first-order valence-electron chi connectivity index (χ1n) is 11.0. The molecule has 0 radical (unpaired) electrons. The van der Waals surface area contributed by atoms with Gasteiger partial charge in [0.1, 0.15) is 0 Å². The van der Waals surface area contributed by atoms with E-state index >= 15 is 0 Å². The zero-order chi connectivity index (χ0) is 24.5. The predicted molar refractivity (Wildman–Crippen MR) is 140 cm³/mol. The number of pyridine rings is 2. The third-order valence-electron chi connectivity index (χ3n) is 6.26. The number of ether oxygens (including phenoxy) is 2. The van der Waals surface area contributed by atoms with Crippen molar-refractivity contribution in [3.05, 3.63) is 65.1 Å². The average molecular weight is 523 g/mol. The SMILES string of the molecule is COc1ccc2cc(B3OC(C)(C)C(C)(C)O3)ccc2n1.COc1ccc2cc(Br)ccc2n1. The summed E-state index contributed by atoms with van der Waals surface area (Å²) in [5, 5.41) is 2.15. The number of rotatable bonds is 3. The van der Waals surface area contributed by atoms with E-state index in [4.69, 9.17) is 18.8 Å². The normalized spacial score (nSPS) is 16.3. The molecular formula is C26H28BBrN2O4. The van der Waals surface area contributed by atoms with Crippen molar-refractivity contribution in [2.24, 2.45) is 0 Å². The van der Waals surface area contributed by atoms with Crippen LogP contribution in [0.25, 0.3) is 21.8 Å². The first-order valence-corrected chi connectivity index (χ1v) is 11.8. The highest BCUT2D eigenvalue weighted by molar-refractivity contribution is 9.10. The molecule has 0 unspecified atom stereocenters. The molecule has 1 fully saturated rings. The van der Waals surface area contributed by atoms with Gasteiger partial charge in [-0.25, -0.2) is 9.97 Å². The Kier molecular flexibility index (Phi) is 6.85. The monoisotopic (exact) mass is 522 g/mol. The first-order chi connectivity index (χ1) is 16.1. The van der Waals surface area contributed by atoms with Gasteiger partial charge in [-0.15, -0.1) is 0 Å². The molecule has 0 amide bonds. The zero-order valence-electron chi connectivity index (χ0n) is 20.3. The number of nitrogens with zero attached hydrogens (tertiary/aromatic N) is 2.